The van der Waals surface area contributed by atoms with E-state index >= 15 is 0 Å². The molecule has 11 nitrogen and oxygen atoms in total. The lowest BCUT2D eigenvalue weighted by Gasteiger charge is -2.37. The number of carbonyl (C=O) groups is 4. The first-order valence-corrected chi connectivity index (χ1v) is 21.2. The molecule has 2 N–H and O–H groups in total. The number of hydrogen-bond acceptors (Lipinski definition) is 9. The third kappa shape index (κ3) is 9.07. The van der Waals surface area contributed by atoms with Crippen LogP contribution in [0.15, 0.2) is 66.9 Å². The molecule has 0 radical (unpaired) electrons. The minimum Gasteiger partial charge on any atom is -0.453 e. The van der Waals surface area contributed by atoms with Gasteiger partial charge in [0.2, 0.25) is 0 Å². The minimum absolute atomic E-state index is 0.0571. The van der Waals surface area contributed by atoms with Crippen molar-refractivity contribution in [3.8, 4) is 22.4 Å². The van der Waals surface area contributed by atoms with Gasteiger partial charge in [-0.05, 0) is 92.3 Å². The molecular weight excluding hydrogens is 739 g/mol. The Labute approximate surface area is 339 Å². The molecule has 3 aliphatic rings. The summed E-state index contributed by atoms with van der Waals surface area (Å²) in [5.41, 5.74) is 4.31. The number of likely N-dealkylation sites (tertiary alicyclic amines) is 1. The van der Waals surface area contributed by atoms with E-state index in [1.165, 1.54) is 36.6 Å². The zero-order valence-electron chi connectivity index (χ0n) is 34.1. The van der Waals surface area contributed by atoms with Crippen LogP contribution in [0.25, 0.3) is 33.2 Å². The van der Waals surface area contributed by atoms with Crippen LogP contribution in [0.1, 0.15) is 95.9 Å². The first-order valence-electron chi connectivity index (χ1n) is 20.1. The summed E-state index contributed by atoms with van der Waals surface area (Å²) in [4.78, 5) is 63.6. The number of Topliss-reactive ketones (excluding diaryl/α,β-unsaturated/α-hetero) is 2. The second-order valence-electron chi connectivity index (χ2n) is 17.4. The van der Waals surface area contributed by atoms with Crippen LogP contribution in [-0.2, 0) is 14.3 Å². The highest BCUT2D eigenvalue weighted by Gasteiger charge is 2.54. The van der Waals surface area contributed by atoms with Crippen LogP contribution in [0, 0.1) is 11.3 Å². The zero-order valence-corrected chi connectivity index (χ0v) is 34.9. The number of hydrogen-bond donors (Lipinski definition) is 2. The second-order valence-corrected chi connectivity index (χ2v) is 18.5. The first kappa shape index (κ1) is 40.5. The number of rotatable bonds is 12. The molecule has 3 fully saturated rings. The predicted molar refractivity (Wildman–Crippen MR) is 224 cm³/mol. The van der Waals surface area contributed by atoms with Crippen molar-refractivity contribution >= 4 is 46.3 Å². The van der Waals surface area contributed by atoms with Gasteiger partial charge < -0.3 is 19.8 Å². The van der Waals surface area contributed by atoms with Gasteiger partial charge in [0.05, 0.1) is 25.0 Å². The predicted octanol–water partition coefficient (Wildman–Crippen LogP) is 9.04. The van der Waals surface area contributed by atoms with E-state index in [0.717, 1.165) is 51.9 Å². The molecule has 57 heavy (non-hydrogen) atoms. The molecule has 1 spiro atoms. The van der Waals surface area contributed by atoms with Crippen molar-refractivity contribution in [2.75, 3.05) is 26.0 Å². The molecule has 4 aromatic rings. The average Bonchev–Trinajstić information content (AvgIpc) is 3.54. The number of nitrogens with zero attached hydrogens (tertiary/aromatic N) is 3. The van der Waals surface area contributed by atoms with Gasteiger partial charge in [-0.25, -0.2) is 14.6 Å². The number of methoxy groups -OCH3 is 1. The highest BCUT2D eigenvalue weighted by Crippen LogP contribution is 2.59. The lowest BCUT2D eigenvalue weighted by Crippen LogP contribution is -2.53. The van der Waals surface area contributed by atoms with Crippen LogP contribution in [-0.4, -0.2) is 92.5 Å². The van der Waals surface area contributed by atoms with E-state index in [-0.39, 0.29) is 48.5 Å². The van der Waals surface area contributed by atoms with Gasteiger partial charge in [-0.1, -0.05) is 62.4 Å². The summed E-state index contributed by atoms with van der Waals surface area (Å²) < 4.78 is 10.4. The van der Waals surface area contributed by atoms with Crippen molar-refractivity contribution in [1.82, 2.24) is 25.1 Å². The fourth-order valence-electron chi connectivity index (χ4n) is 8.40. The van der Waals surface area contributed by atoms with Crippen LogP contribution in [0.4, 0.5) is 9.59 Å². The number of aromatic nitrogens is 2. The zero-order chi connectivity index (χ0) is 40.6. The number of ketones is 2. The summed E-state index contributed by atoms with van der Waals surface area (Å²) in [7, 11) is 1.41. The Morgan fingerprint density at radius 1 is 0.947 bits per heavy atom. The molecule has 12 heteroatoms. The molecule has 4 atom stereocenters. The Morgan fingerprint density at radius 2 is 1.61 bits per heavy atom. The van der Waals surface area contributed by atoms with Crippen molar-refractivity contribution < 1.29 is 28.7 Å². The first-order chi connectivity index (χ1) is 27.1. The van der Waals surface area contributed by atoms with Crippen molar-refractivity contribution in [1.29, 1.82) is 0 Å². The topological polar surface area (TPSA) is 134 Å². The molecular formula is C45H55N5O6S. The van der Waals surface area contributed by atoms with E-state index in [1.807, 2.05) is 30.5 Å². The van der Waals surface area contributed by atoms with Gasteiger partial charge in [0.15, 0.2) is 11.6 Å². The third-order valence-corrected chi connectivity index (χ3v) is 13.0. The number of carbonyl (C=O) groups excluding carboxylic acids is 4. The summed E-state index contributed by atoms with van der Waals surface area (Å²) in [5.74, 6) is 1.62. The van der Waals surface area contributed by atoms with Crippen molar-refractivity contribution in [3.63, 3.8) is 0 Å². The van der Waals surface area contributed by atoms with Crippen molar-refractivity contribution in [3.05, 3.63) is 78.2 Å². The van der Waals surface area contributed by atoms with Gasteiger partial charge in [-0.15, -0.1) is 11.8 Å². The molecule has 1 aromatic heterocycles. The molecule has 1 aliphatic carbocycles. The van der Waals surface area contributed by atoms with Crippen molar-refractivity contribution in [2.24, 2.45) is 11.3 Å². The lowest BCUT2D eigenvalue weighted by atomic mass is 9.96. The number of imidazole rings is 1. The maximum Gasteiger partial charge on any atom is 0.411 e. The Hall–Kier alpha value is -4.68. The van der Waals surface area contributed by atoms with Gasteiger partial charge in [-0.3, -0.25) is 19.4 Å². The average molecular weight is 794 g/mol. The number of fused-ring (bicyclic) bond motifs is 1. The molecule has 2 aliphatic heterocycles. The minimum atomic E-state index is -0.646. The normalized spacial score (nSPS) is 20.2. The molecule has 7 rings (SSSR count). The van der Waals surface area contributed by atoms with Crippen LogP contribution < -0.4 is 5.32 Å². The number of alkyl carbamates (subject to hydrolysis) is 1. The summed E-state index contributed by atoms with van der Waals surface area (Å²) in [6, 6.07) is 20.5. The smallest absolute Gasteiger partial charge is 0.411 e. The molecule has 1 unspecified atom stereocenters. The SMILES string of the molecule is COC(=O)N[C@@H](C(C)C)C(C)N1CC2(CC2)C[C@H]1c1ncc(-c2ccc3cc(-c4ccc(C(=O)CCC(=O)[C@@H]5SCCN5C(=O)OC(C)(C)C)cc4)ccc3c2)[nH]1. The van der Waals surface area contributed by atoms with E-state index in [1.54, 1.807) is 20.8 Å². The Bertz CT molecular complexity index is 2140. The van der Waals surface area contributed by atoms with Gasteiger partial charge in [0.1, 0.15) is 16.8 Å². The fraction of sp³-hybridized carbons (Fsp3) is 0.489. The molecule has 2 saturated heterocycles. The Kier molecular flexibility index (Phi) is 11.6. The van der Waals surface area contributed by atoms with E-state index < -0.39 is 23.2 Å². The third-order valence-electron chi connectivity index (χ3n) is 11.7. The maximum atomic E-state index is 13.1. The van der Waals surface area contributed by atoms with Gasteiger partial charge in [0, 0.05) is 54.9 Å². The number of nitrogens with one attached hydrogen (secondary N) is 2. The quantitative estimate of drug-likeness (QED) is 0.135. The molecule has 0 bridgehead atoms. The molecule has 3 heterocycles. The molecule has 302 valence electrons. The van der Waals surface area contributed by atoms with E-state index in [2.05, 4.69) is 72.4 Å². The van der Waals surface area contributed by atoms with E-state index in [4.69, 9.17) is 14.5 Å². The highest BCUT2D eigenvalue weighted by atomic mass is 32.2. The summed E-state index contributed by atoms with van der Waals surface area (Å²) >= 11 is 1.42. The molecule has 2 amide bonds. The van der Waals surface area contributed by atoms with Crippen LogP contribution in [0.2, 0.25) is 0 Å². The van der Waals surface area contributed by atoms with Gasteiger partial charge in [-0.2, -0.15) is 0 Å². The standard InChI is InChI=1S/C45H55N5O6S/c1-27(2)39(48-42(53)55-7)28(3)50-26-45(18-19-45)24-36(50)40-46-25-35(47-40)34-15-14-32-22-31(12-13-33(32)23-34)29-8-10-30(11-9-29)37(51)16-17-38(52)41-49(20-21-57-41)43(54)56-44(4,5)6/h8-15,22-23,25,27-28,36,39,41H,16-21,24,26H2,1-7H3,(H,46,47)(H,48,53)/t28?,36-,39-,41-/m0/s1. The Morgan fingerprint density at radius 3 is 2.26 bits per heavy atom. The number of H-pyrrole nitrogens is 1. The lowest BCUT2D eigenvalue weighted by molar-refractivity contribution is -0.121. The largest absolute Gasteiger partial charge is 0.453 e. The van der Waals surface area contributed by atoms with Crippen LogP contribution >= 0.6 is 11.8 Å². The van der Waals surface area contributed by atoms with E-state index in [0.29, 0.717) is 23.3 Å². The Balaban J connectivity index is 0.992. The number of aromatic amines is 1. The van der Waals surface area contributed by atoms with Gasteiger partial charge >= 0.3 is 12.2 Å². The summed E-state index contributed by atoms with van der Waals surface area (Å²) in [6.07, 6.45) is 4.70. The number of amides is 2. The monoisotopic (exact) mass is 793 g/mol. The second kappa shape index (κ2) is 16.3. The summed E-state index contributed by atoms with van der Waals surface area (Å²) in [6.45, 7) is 13.3. The summed E-state index contributed by atoms with van der Waals surface area (Å²) in [5, 5.41) is 4.67. The molecule has 3 aromatic carbocycles. The fourth-order valence-corrected chi connectivity index (χ4v) is 9.60. The van der Waals surface area contributed by atoms with E-state index in [9.17, 15) is 19.2 Å². The van der Waals surface area contributed by atoms with Crippen LogP contribution in [0.5, 0.6) is 0 Å². The van der Waals surface area contributed by atoms with Gasteiger partial charge in [0.25, 0.3) is 0 Å². The molecule has 1 saturated carbocycles. The maximum absolute atomic E-state index is 13.1. The van der Waals surface area contributed by atoms with Crippen LogP contribution in [0.3, 0.4) is 0 Å². The number of ether oxygens (including phenoxy) is 2. The number of benzene rings is 3. The number of thioether (sulfide) groups is 1. The van der Waals surface area contributed by atoms with Crippen molar-refractivity contribution in [2.45, 2.75) is 103 Å². The highest BCUT2D eigenvalue weighted by molar-refractivity contribution is 8.00.